The largest absolute Gasteiger partial charge is 0.507 e. The first kappa shape index (κ1) is 14.0. The van der Waals surface area contributed by atoms with Crippen LogP contribution in [-0.4, -0.2) is 5.11 Å². The van der Waals surface area contributed by atoms with Crippen molar-refractivity contribution in [3.8, 4) is 5.75 Å². The second kappa shape index (κ2) is 6.17. The summed E-state index contributed by atoms with van der Waals surface area (Å²) in [6, 6.07) is 12.0. The lowest BCUT2D eigenvalue weighted by Gasteiger charge is -2.15. The van der Waals surface area contributed by atoms with Gasteiger partial charge in [-0.15, -0.1) is 0 Å². The van der Waals surface area contributed by atoms with Gasteiger partial charge >= 0.3 is 0 Å². The van der Waals surface area contributed by atoms with E-state index in [1.54, 1.807) is 18.2 Å². The van der Waals surface area contributed by atoms with E-state index in [9.17, 15) is 9.50 Å². The van der Waals surface area contributed by atoms with Gasteiger partial charge in [-0.05, 0) is 46.6 Å². The normalized spacial score (nSPS) is 12.4. The zero-order valence-corrected chi connectivity index (χ0v) is 12.1. The Morgan fingerprint density at radius 2 is 2.00 bits per heavy atom. The lowest BCUT2D eigenvalue weighted by Crippen LogP contribution is -2.19. The van der Waals surface area contributed by atoms with Crippen LogP contribution in [-0.2, 0) is 6.54 Å². The summed E-state index contributed by atoms with van der Waals surface area (Å²) >= 11 is 3.27. The third-order valence-electron chi connectivity index (χ3n) is 3.00. The van der Waals surface area contributed by atoms with Crippen molar-refractivity contribution in [1.29, 1.82) is 0 Å². The second-order valence-electron chi connectivity index (χ2n) is 4.41. The van der Waals surface area contributed by atoms with E-state index < -0.39 is 0 Å². The van der Waals surface area contributed by atoms with Crippen molar-refractivity contribution in [2.75, 3.05) is 0 Å². The first-order chi connectivity index (χ1) is 9.08. The second-order valence-corrected chi connectivity index (χ2v) is 5.26. The highest BCUT2D eigenvalue weighted by atomic mass is 79.9. The number of hydrogen-bond acceptors (Lipinski definition) is 2. The molecule has 0 radical (unpaired) electrons. The maximum absolute atomic E-state index is 13.6. The number of phenols is 1. The van der Waals surface area contributed by atoms with Crippen LogP contribution in [0.15, 0.2) is 46.9 Å². The predicted octanol–water partition coefficient (Wildman–Crippen LogP) is 4.14. The van der Waals surface area contributed by atoms with E-state index in [0.717, 1.165) is 5.56 Å². The first-order valence-corrected chi connectivity index (χ1v) is 6.82. The standard InChI is InChI=1S/C15H15BrFNO/c1-10(12-4-2-3-5-14(12)17)18-9-11-6-7-15(19)13(16)8-11/h2-8,10,18-19H,9H2,1H3. The maximum atomic E-state index is 13.6. The molecule has 0 amide bonds. The van der Waals surface area contributed by atoms with Crippen LogP contribution in [0.4, 0.5) is 4.39 Å². The van der Waals surface area contributed by atoms with Gasteiger partial charge in [0, 0.05) is 18.2 Å². The van der Waals surface area contributed by atoms with Gasteiger partial charge in [0.05, 0.1) is 4.47 Å². The zero-order chi connectivity index (χ0) is 13.8. The number of halogens is 2. The molecule has 0 aromatic heterocycles. The minimum atomic E-state index is -0.200. The third kappa shape index (κ3) is 3.55. The lowest BCUT2D eigenvalue weighted by molar-refractivity contribution is 0.471. The number of phenolic OH excluding ortho intramolecular Hbond substituents is 1. The molecule has 2 N–H and O–H groups in total. The van der Waals surface area contributed by atoms with Crippen molar-refractivity contribution in [3.05, 3.63) is 63.9 Å². The molecule has 100 valence electrons. The van der Waals surface area contributed by atoms with Gasteiger partial charge in [0.1, 0.15) is 11.6 Å². The minimum absolute atomic E-state index is 0.0752. The summed E-state index contributed by atoms with van der Waals surface area (Å²) in [4.78, 5) is 0. The number of aromatic hydroxyl groups is 1. The van der Waals surface area contributed by atoms with Gasteiger partial charge in [0.25, 0.3) is 0 Å². The molecule has 0 spiro atoms. The molecule has 0 saturated heterocycles. The Kier molecular flexibility index (Phi) is 4.56. The maximum Gasteiger partial charge on any atom is 0.129 e. The van der Waals surface area contributed by atoms with Gasteiger partial charge in [-0.2, -0.15) is 0 Å². The number of rotatable bonds is 4. The van der Waals surface area contributed by atoms with Gasteiger partial charge in [0.15, 0.2) is 0 Å². The number of nitrogens with one attached hydrogen (secondary N) is 1. The zero-order valence-electron chi connectivity index (χ0n) is 10.5. The van der Waals surface area contributed by atoms with E-state index in [4.69, 9.17) is 0 Å². The molecule has 4 heteroatoms. The van der Waals surface area contributed by atoms with Crippen molar-refractivity contribution in [1.82, 2.24) is 5.32 Å². The van der Waals surface area contributed by atoms with Crippen LogP contribution >= 0.6 is 15.9 Å². The van der Waals surface area contributed by atoms with Crippen molar-refractivity contribution in [3.63, 3.8) is 0 Å². The summed E-state index contributed by atoms with van der Waals surface area (Å²) < 4.78 is 14.3. The molecule has 19 heavy (non-hydrogen) atoms. The third-order valence-corrected chi connectivity index (χ3v) is 3.63. The molecular weight excluding hydrogens is 309 g/mol. The van der Waals surface area contributed by atoms with Crippen molar-refractivity contribution >= 4 is 15.9 Å². The molecule has 2 nitrogen and oxygen atoms in total. The van der Waals surface area contributed by atoms with Crippen LogP contribution in [0.1, 0.15) is 24.1 Å². The lowest BCUT2D eigenvalue weighted by atomic mass is 10.1. The van der Waals surface area contributed by atoms with E-state index >= 15 is 0 Å². The molecular formula is C15H15BrFNO. The van der Waals surface area contributed by atoms with Crippen LogP contribution in [0, 0.1) is 5.82 Å². The fourth-order valence-corrected chi connectivity index (χ4v) is 2.29. The molecule has 0 bridgehead atoms. The first-order valence-electron chi connectivity index (χ1n) is 6.03. The molecule has 0 saturated carbocycles. The Bertz CT molecular complexity index is 574. The van der Waals surface area contributed by atoms with E-state index in [1.807, 2.05) is 25.1 Å². The molecule has 1 unspecified atom stereocenters. The molecule has 0 fully saturated rings. The Morgan fingerprint density at radius 3 is 2.68 bits per heavy atom. The molecule has 2 aromatic rings. The van der Waals surface area contributed by atoms with E-state index in [1.165, 1.54) is 6.07 Å². The Balaban J connectivity index is 2.02. The SMILES string of the molecule is CC(NCc1ccc(O)c(Br)c1)c1ccccc1F. The van der Waals surface area contributed by atoms with Gasteiger partial charge < -0.3 is 10.4 Å². The van der Waals surface area contributed by atoms with Gasteiger partial charge in [-0.25, -0.2) is 4.39 Å². The minimum Gasteiger partial charge on any atom is -0.507 e. The summed E-state index contributed by atoms with van der Waals surface area (Å²) in [5.41, 5.74) is 1.67. The van der Waals surface area contributed by atoms with Crippen LogP contribution in [0.5, 0.6) is 5.75 Å². The van der Waals surface area contributed by atoms with Gasteiger partial charge in [0.2, 0.25) is 0 Å². The van der Waals surface area contributed by atoms with Crippen LogP contribution in [0.2, 0.25) is 0 Å². The predicted molar refractivity (Wildman–Crippen MR) is 77.5 cm³/mol. The molecule has 2 aromatic carbocycles. The van der Waals surface area contributed by atoms with Crippen molar-refractivity contribution in [2.45, 2.75) is 19.5 Å². The average molecular weight is 324 g/mol. The topological polar surface area (TPSA) is 32.3 Å². The summed E-state index contributed by atoms with van der Waals surface area (Å²) in [7, 11) is 0. The van der Waals surface area contributed by atoms with Crippen LogP contribution in [0.3, 0.4) is 0 Å². The quantitative estimate of drug-likeness (QED) is 0.886. The van der Waals surface area contributed by atoms with Gasteiger partial charge in [-0.3, -0.25) is 0 Å². The highest BCUT2D eigenvalue weighted by Gasteiger charge is 2.09. The Hall–Kier alpha value is -1.39. The van der Waals surface area contributed by atoms with Gasteiger partial charge in [-0.1, -0.05) is 24.3 Å². The summed E-state index contributed by atoms with van der Waals surface area (Å²) in [5.74, 6) is 0.0142. The van der Waals surface area contributed by atoms with E-state index in [-0.39, 0.29) is 17.6 Å². The Labute approximate surface area is 120 Å². The molecule has 0 heterocycles. The molecule has 0 aliphatic rings. The molecule has 1 atom stereocenters. The van der Waals surface area contributed by atoms with E-state index in [2.05, 4.69) is 21.2 Å². The molecule has 2 rings (SSSR count). The molecule has 0 aliphatic carbocycles. The average Bonchev–Trinajstić information content (AvgIpc) is 2.40. The fourth-order valence-electron chi connectivity index (χ4n) is 1.87. The highest BCUT2D eigenvalue weighted by Crippen LogP contribution is 2.24. The fraction of sp³-hybridized carbons (Fsp3) is 0.200. The van der Waals surface area contributed by atoms with Crippen LogP contribution in [0.25, 0.3) is 0 Å². The summed E-state index contributed by atoms with van der Waals surface area (Å²) in [6.45, 7) is 2.53. The van der Waals surface area contributed by atoms with Crippen LogP contribution < -0.4 is 5.32 Å². The monoisotopic (exact) mass is 323 g/mol. The number of benzene rings is 2. The summed E-state index contributed by atoms with van der Waals surface area (Å²) in [5, 5.41) is 12.7. The molecule has 0 aliphatic heterocycles. The van der Waals surface area contributed by atoms with Crippen molar-refractivity contribution < 1.29 is 9.50 Å². The van der Waals surface area contributed by atoms with E-state index in [0.29, 0.717) is 16.6 Å². The number of hydrogen-bond donors (Lipinski definition) is 2. The van der Waals surface area contributed by atoms with Crippen molar-refractivity contribution in [2.24, 2.45) is 0 Å². The Morgan fingerprint density at radius 1 is 1.26 bits per heavy atom. The smallest absolute Gasteiger partial charge is 0.129 e. The summed E-state index contributed by atoms with van der Waals surface area (Å²) in [6.07, 6.45) is 0. The highest BCUT2D eigenvalue weighted by molar-refractivity contribution is 9.10.